The van der Waals surface area contributed by atoms with Gasteiger partial charge in [0.2, 0.25) is 5.91 Å². The van der Waals surface area contributed by atoms with Crippen LogP contribution in [0.5, 0.6) is 0 Å². The summed E-state index contributed by atoms with van der Waals surface area (Å²) >= 11 is 1.42. The molecule has 6 nitrogen and oxygen atoms in total. The number of anilines is 1. The fourth-order valence-electron chi connectivity index (χ4n) is 2.58. The largest absolute Gasteiger partial charge is 0.325 e. The molecule has 1 aliphatic carbocycles. The number of rotatable bonds is 6. The van der Waals surface area contributed by atoms with E-state index in [0.29, 0.717) is 11.8 Å². The third-order valence-corrected chi connectivity index (χ3v) is 4.85. The minimum Gasteiger partial charge on any atom is -0.325 e. The van der Waals surface area contributed by atoms with Gasteiger partial charge in [0.05, 0.1) is 5.75 Å². The fourth-order valence-corrected chi connectivity index (χ4v) is 3.39. The van der Waals surface area contributed by atoms with Crippen molar-refractivity contribution in [2.24, 2.45) is 0 Å². The van der Waals surface area contributed by atoms with Gasteiger partial charge in [0.25, 0.3) is 0 Å². The van der Waals surface area contributed by atoms with Gasteiger partial charge in [-0.1, -0.05) is 30.0 Å². The molecule has 3 aromatic rings. The molecule has 7 heteroatoms. The Morgan fingerprint density at radius 2 is 1.88 bits per heavy atom. The number of hydrogen-bond acceptors (Lipinski definition) is 5. The summed E-state index contributed by atoms with van der Waals surface area (Å²) in [6.45, 7) is 0. The SMILES string of the molecule is O=C(CSc1nnc(-c2ccncc2)n1C1CC1)Nc1ccccc1. The molecular formula is C18H17N5OS. The monoisotopic (exact) mass is 351 g/mol. The Balaban J connectivity index is 1.48. The summed E-state index contributed by atoms with van der Waals surface area (Å²) in [5, 5.41) is 12.3. The maximum atomic E-state index is 12.2. The van der Waals surface area contributed by atoms with Gasteiger partial charge in [-0.25, -0.2) is 0 Å². The number of para-hydroxylation sites is 1. The third-order valence-electron chi connectivity index (χ3n) is 3.90. The molecule has 4 rings (SSSR count). The molecule has 1 fully saturated rings. The molecule has 0 radical (unpaired) electrons. The second-order valence-corrected chi connectivity index (χ2v) is 6.79. The zero-order chi connectivity index (χ0) is 17.1. The van der Waals surface area contributed by atoms with E-state index in [4.69, 9.17) is 0 Å². The molecule has 0 atom stereocenters. The highest BCUT2D eigenvalue weighted by Crippen LogP contribution is 2.40. The minimum atomic E-state index is -0.0491. The van der Waals surface area contributed by atoms with Crippen LogP contribution in [0.2, 0.25) is 0 Å². The van der Waals surface area contributed by atoms with Gasteiger partial charge in [-0.2, -0.15) is 0 Å². The van der Waals surface area contributed by atoms with Gasteiger partial charge >= 0.3 is 0 Å². The molecule has 1 aliphatic rings. The van der Waals surface area contributed by atoms with E-state index >= 15 is 0 Å². The predicted molar refractivity (Wildman–Crippen MR) is 97.3 cm³/mol. The molecule has 0 spiro atoms. The van der Waals surface area contributed by atoms with Crippen molar-refractivity contribution < 1.29 is 4.79 Å². The Morgan fingerprint density at radius 1 is 1.12 bits per heavy atom. The molecule has 0 bridgehead atoms. The minimum absolute atomic E-state index is 0.0491. The third kappa shape index (κ3) is 3.71. The van der Waals surface area contributed by atoms with Crippen LogP contribution in [0.4, 0.5) is 5.69 Å². The lowest BCUT2D eigenvalue weighted by atomic mass is 10.2. The van der Waals surface area contributed by atoms with E-state index in [1.54, 1.807) is 12.4 Å². The van der Waals surface area contributed by atoms with Crippen molar-refractivity contribution in [3.05, 3.63) is 54.9 Å². The highest BCUT2D eigenvalue weighted by molar-refractivity contribution is 7.99. The van der Waals surface area contributed by atoms with E-state index in [0.717, 1.165) is 35.1 Å². The van der Waals surface area contributed by atoms with Gasteiger partial charge in [0.15, 0.2) is 11.0 Å². The zero-order valence-electron chi connectivity index (χ0n) is 13.5. The molecule has 0 aliphatic heterocycles. The second kappa shape index (κ2) is 7.06. The average molecular weight is 351 g/mol. The maximum Gasteiger partial charge on any atom is 0.234 e. The van der Waals surface area contributed by atoms with Crippen molar-refractivity contribution in [3.63, 3.8) is 0 Å². The number of carbonyl (C=O) groups excluding carboxylic acids is 1. The molecule has 0 saturated heterocycles. The summed E-state index contributed by atoms with van der Waals surface area (Å²) < 4.78 is 2.15. The molecule has 1 saturated carbocycles. The highest BCUT2D eigenvalue weighted by atomic mass is 32.2. The molecule has 2 aromatic heterocycles. The maximum absolute atomic E-state index is 12.2. The van der Waals surface area contributed by atoms with Crippen molar-refractivity contribution in [2.75, 3.05) is 11.1 Å². The highest BCUT2D eigenvalue weighted by Gasteiger charge is 2.30. The normalized spacial score (nSPS) is 13.6. The Hall–Kier alpha value is -2.67. The van der Waals surface area contributed by atoms with E-state index < -0.39 is 0 Å². The van der Waals surface area contributed by atoms with Gasteiger partial charge in [-0.15, -0.1) is 10.2 Å². The van der Waals surface area contributed by atoms with Crippen molar-refractivity contribution in [1.29, 1.82) is 0 Å². The number of aromatic nitrogens is 4. The van der Waals surface area contributed by atoms with Gasteiger partial charge in [-0.05, 0) is 37.1 Å². The van der Waals surface area contributed by atoms with E-state index in [2.05, 4.69) is 25.1 Å². The lowest BCUT2D eigenvalue weighted by molar-refractivity contribution is -0.113. The zero-order valence-corrected chi connectivity index (χ0v) is 14.3. The molecule has 0 unspecified atom stereocenters. The first kappa shape index (κ1) is 15.8. The summed E-state index contributed by atoms with van der Waals surface area (Å²) in [4.78, 5) is 16.2. The first-order chi connectivity index (χ1) is 12.3. The molecule has 1 amide bonds. The van der Waals surface area contributed by atoms with Crippen LogP contribution < -0.4 is 5.32 Å². The Morgan fingerprint density at radius 3 is 2.60 bits per heavy atom. The number of benzene rings is 1. The number of carbonyl (C=O) groups is 1. The van der Waals surface area contributed by atoms with Gasteiger partial charge in [-0.3, -0.25) is 14.3 Å². The van der Waals surface area contributed by atoms with Crippen molar-refractivity contribution in [1.82, 2.24) is 19.7 Å². The lowest BCUT2D eigenvalue weighted by Gasteiger charge is -2.09. The molecular weight excluding hydrogens is 334 g/mol. The Bertz CT molecular complexity index is 862. The van der Waals surface area contributed by atoms with Gasteiger partial charge in [0, 0.05) is 29.7 Å². The Labute approximate surface area is 149 Å². The van der Waals surface area contributed by atoms with Crippen LogP contribution in [0, 0.1) is 0 Å². The van der Waals surface area contributed by atoms with Crippen LogP contribution in [-0.2, 0) is 4.79 Å². The number of hydrogen-bond donors (Lipinski definition) is 1. The van der Waals surface area contributed by atoms with Crippen LogP contribution in [0.15, 0.2) is 60.0 Å². The van der Waals surface area contributed by atoms with Crippen LogP contribution in [0.25, 0.3) is 11.4 Å². The van der Waals surface area contributed by atoms with Crippen molar-refractivity contribution in [2.45, 2.75) is 24.0 Å². The summed E-state index contributed by atoms with van der Waals surface area (Å²) in [5.74, 6) is 1.10. The topological polar surface area (TPSA) is 72.7 Å². The molecule has 1 N–H and O–H groups in total. The summed E-state index contributed by atoms with van der Waals surface area (Å²) in [7, 11) is 0. The molecule has 25 heavy (non-hydrogen) atoms. The van der Waals surface area contributed by atoms with E-state index in [-0.39, 0.29) is 5.91 Å². The summed E-state index contributed by atoms with van der Waals surface area (Å²) in [5.41, 5.74) is 1.80. The summed E-state index contributed by atoms with van der Waals surface area (Å²) in [6, 6.07) is 13.7. The summed E-state index contributed by atoms with van der Waals surface area (Å²) in [6.07, 6.45) is 5.75. The first-order valence-corrected chi connectivity index (χ1v) is 9.13. The smallest absolute Gasteiger partial charge is 0.234 e. The number of pyridine rings is 1. The molecule has 2 heterocycles. The van der Waals surface area contributed by atoms with Crippen LogP contribution >= 0.6 is 11.8 Å². The van der Waals surface area contributed by atoms with Gasteiger partial charge in [0.1, 0.15) is 0 Å². The fraction of sp³-hybridized carbons (Fsp3) is 0.222. The van der Waals surface area contributed by atoms with Gasteiger partial charge < -0.3 is 5.32 Å². The predicted octanol–water partition coefficient (Wildman–Crippen LogP) is 3.41. The van der Waals surface area contributed by atoms with Crippen LogP contribution in [0.1, 0.15) is 18.9 Å². The van der Waals surface area contributed by atoms with Crippen molar-refractivity contribution >= 4 is 23.4 Å². The van der Waals surface area contributed by atoms with Crippen molar-refractivity contribution in [3.8, 4) is 11.4 Å². The second-order valence-electron chi connectivity index (χ2n) is 5.85. The quantitative estimate of drug-likeness (QED) is 0.689. The lowest BCUT2D eigenvalue weighted by Crippen LogP contribution is -2.14. The molecule has 126 valence electrons. The standard InChI is InChI=1S/C18H17N5OS/c24-16(20-14-4-2-1-3-5-14)12-25-18-22-21-17(23(18)15-6-7-15)13-8-10-19-11-9-13/h1-5,8-11,15H,6-7,12H2,(H,20,24). The van der Waals surface area contributed by atoms with E-state index in [1.165, 1.54) is 11.8 Å². The number of nitrogens with one attached hydrogen (secondary N) is 1. The van der Waals surface area contributed by atoms with E-state index in [9.17, 15) is 4.79 Å². The van der Waals surface area contributed by atoms with Crippen LogP contribution in [-0.4, -0.2) is 31.4 Å². The first-order valence-electron chi connectivity index (χ1n) is 8.14. The average Bonchev–Trinajstić information content (AvgIpc) is 3.40. The van der Waals surface area contributed by atoms with E-state index in [1.807, 2.05) is 42.5 Å². The number of nitrogens with zero attached hydrogens (tertiary/aromatic N) is 4. The molecule has 1 aromatic carbocycles. The Kier molecular flexibility index (Phi) is 4.47. The van der Waals surface area contributed by atoms with Crippen LogP contribution in [0.3, 0.4) is 0 Å². The number of amides is 1. The number of thioether (sulfide) groups is 1.